The van der Waals surface area contributed by atoms with Gasteiger partial charge in [-0.3, -0.25) is 0 Å². The minimum absolute atomic E-state index is 0.379. The van der Waals surface area contributed by atoms with Gasteiger partial charge in [-0.2, -0.15) is 0 Å². The SMILES string of the molecule is CCC(C)(CNC)Cc1ccc(C)cc1. The molecule has 15 heavy (non-hydrogen) atoms. The van der Waals surface area contributed by atoms with E-state index < -0.39 is 0 Å². The fraction of sp³-hybridized carbons (Fsp3) is 0.571. The highest BCUT2D eigenvalue weighted by atomic mass is 14.8. The van der Waals surface area contributed by atoms with Crippen molar-refractivity contribution in [3.05, 3.63) is 35.4 Å². The van der Waals surface area contributed by atoms with Crippen molar-refractivity contribution in [1.82, 2.24) is 5.32 Å². The van der Waals surface area contributed by atoms with Gasteiger partial charge in [0, 0.05) is 6.54 Å². The summed E-state index contributed by atoms with van der Waals surface area (Å²) in [7, 11) is 2.03. The van der Waals surface area contributed by atoms with Gasteiger partial charge in [0.25, 0.3) is 0 Å². The molecule has 0 bridgehead atoms. The van der Waals surface area contributed by atoms with Crippen molar-refractivity contribution < 1.29 is 0 Å². The summed E-state index contributed by atoms with van der Waals surface area (Å²) in [6.45, 7) is 7.84. The first-order valence-corrected chi connectivity index (χ1v) is 5.80. The van der Waals surface area contributed by atoms with E-state index in [1.165, 1.54) is 17.5 Å². The number of hydrogen-bond acceptors (Lipinski definition) is 1. The van der Waals surface area contributed by atoms with Crippen LogP contribution in [0.25, 0.3) is 0 Å². The predicted molar refractivity (Wildman–Crippen MR) is 67.2 cm³/mol. The third kappa shape index (κ3) is 3.67. The van der Waals surface area contributed by atoms with Crippen molar-refractivity contribution in [2.75, 3.05) is 13.6 Å². The Kier molecular flexibility index (Phi) is 4.34. The molecule has 0 fully saturated rings. The third-order valence-corrected chi connectivity index (χ3v) is 3.21. The van der Waals surface area contributed by atoms with Crippen LogP contribution >= 0.6 is 0 Å². The summed E-state index contributed by atoms with van der Waals surface area (Å²) < 4.78 is 0. The highest BCUT2D eigenvalue weighted by Crippen LogP contribution is 2.25. The van der Waals surface area contributed by atoms with Crippen molar-refractivity contribution in [3.8, 4) is 0 Å². The number of aryl methyl sites for hydroxylation is 1. The molecule has 0 saturated carbocycles. The summed E-state index contributed by atoms with van der Waals surface area (Å²) >= 11 is 0. The van der Waals surface area contributed by atoms with Crippen LogP contribution in [0.3, 0.4) is 0 Å². The molecule has 1 atom stereocenters. The molecule has 1 rings (SSSR count). The lowest BCUT2D eigenvalue weighted by Gasteiger charge is -2.28. The van der Waals surface area contributed by atoms with Gasteiger partial charge in [-0.25, -0.2) is 0 Å². The van der Waals surface area contributed by atoms with Crippen molar-refractivity contribution >= 4 is 0 Å². The van der Waals surface area contributed by atoms with Crippen molar-refractivity contribution in [3.63, 3.8) is 0 Å². The van der Waals surface area contributed by atoms with Gasteiger partial charge in [-0.1, -0.05) is 43.7 Å². The van der Waals surface area contributed by atoms with Crippen LogP contribution in [0.15, 0.2) is 24.3 Å². The van der Waals surface area contributed by atoms with Gasteiger partial charge in [-0.05, 0) is 37.8 Å². The van der Waals surface area contributed by atoms with E-state index in [9.17, 15) is 0 Å². The maximum atomic E-state index is 3.29. The van der Waals surface area contributed by atoms with E-state index >= 15 is 0 Å². The van der Waals surface area contributed by atoms with Crippen LogP contribution in [-0.2, 0) is 6.42 Å². The molecule has 1 heteroatoms. The molecule has 0 amide bonds. The highest BCUT2D eigenvalue weighted by Gasteiger charge is 2.21. The zero-order valence-electron chi connectivity index (χ0n) is 10.4. The Labute approximate surface area is 93.9 Å². The van der Waals surface area contributed by atoms with Gasteiger partial charge in [-0.15, -0.1) is 0 Å². The molecule has 84 valence electrons. The Hall–Kier alpha value is -0.820. The molecule has 0 aliphatic carbocycles. The largest absolute Gasteiger partial charge is 0.319 e. The van der Waals surface area contributed by atoms with E-state index in [2.05, 4.69) is 50.4 Å². The number of benzene rings is 1. The molecule has 0 spiro atoms. The van der Waals surface area contributed by atoms with E-state index in [4.69, 9.17) is 0 Å². The quantitative estimate of drug-likeness (QED) is 0.778. The van der Waals surface area contributed by atoms with Crippen molar-refractivity contribution in [2.24, 2.45) is 5.41 Å². The summed E-state index contributed by atoms with van der Waals surface area (Å²) in [5.41, 5.74) is 3.16. The average Bonchev–Trinajstić information content (AvgIpc) is 2.22. The van der Waals surface area contributed by atoms with Gasteiger partial charge in [0.05, 0.1) is 0 Å². The fourth-order valence-electron chi connectivity index (χ4n) is 1.94. The Morgan fingerprint density at radius 2 is 1.80 bits per heavy atom. The monoisotopic (exact) mass is 205 g/mol. The van der Waals surface area contributed by atoms with Crippen LogP contribution in [0.2, 0.25) is 0 Å². The molecule has 0 saturated heterocycles. The molecule has 1 aromatic rings. The topological polar surface area (TPSA) is 12.0 Å². The van der Waals surface area contributed by atoms with E-state index in [1.54, 1.807) is 0 Å². The minimum atomic E-state index is 0.379. The van der Waals surface area contributed by atoms with E-state index in [1.807, 2.05) is 7.05 Å². The second-order valence-electron chi connectivity index (χ2n) is 4.86. The zero-order chi connectivity index (χ0) is 11.3. The summed E-state index contributed by atoms with van der Waals surface area (Å²) in [5.74, 6) is 0. The lowest BCUT2D eigenvalue weighted by atomic mass is 9.81. The molecule has 0 radical (unpaired) electrons. The average molecular weight is 205 g/mol. The van der Waals surface area contributed by atoms with E-state index in [-0.39, 0.29) is 0 Å². The number of nitrogens with one attached hydrogen (secondary N) is 1. The minimum Gasteiger partial charge on any atom is -0.319 e. The van der Waals surface area contributed by atoms with Crippen LogP contribution in [-0.4, -0.2) is 13.6 Å². The van der Waals surface area contributed by atoms with Gasteiger partial charge < -0.3 is 5.32 Å². The standard InChI is InChI=1S/C14H23N/c1-5-14(3,11-15-4)10-13-8-6-12(2)7-9-13/h6-9,15H,5,10-11H2,1-4H3. The molecular formula is C14H23N. The van der Waals surface area contributed by atoms with Crippen LogP contribution in [0.5, 0.6) is 0 Å². The predicted octanol–water partition coefficient (Wildman–Crippen LogP) is 3.17. The van der Waals surface area contributed by atoms with E-state index in [0.717, 1.165) is 13.0 Å². The molecule has 1 N–H and O–H groups in total. The fourth-order valence-corrected chi connectivity index (χ4v) is 1.94. The molecule has 0 heterocycles. The number of rotatable bonds is 5. The Bertz CT molecular complexity index is 289. The molecule has 1 aromatic carbocycles. The van der Waals surface area contributed by atoms with Crippen LogP contribution < -0.4 is 5.32 Å². The van der Waals surface area contributed by atoms with Crippen LogP contribution in [0.1, 0.15) is 31.4 Å². The molecule has 1 unspecified atom stereocenters. The molecule has 0 aliphatic rings. The van der Waals surface area contributed by atoms with Gasteiger partial charge in [0.15, 0.2) is 0 Å². The Morgan fingerprint density at radius 1 is 1.20 bits per heavy atom. The summed E-state index contributed by atoms with van der Waals surface area (Å²) in [5, 5.41) is 3.29. The molecule has 1 nitrogen and oxygen atoms in total. The molecule has 0 aromatic heterocycles. The highest BCUT2D eigenvalue weighted by molar-refractivity contribution is 5.22. The smallest absolute Gasteiger partial charge is 0.000524 e. The Balaban J connectivity index is 2.70. The first kappa shape index (κ1) is 12.3. The maximum absolute atomic E-state index is 3.29. The lowest BCUT2D eigenvalue weighted by Crippen LogP contribution is -2.31. The van der Waals surface area contributed by atoms with Gasteiger partial charge in [0.2, 0.25) is 0 Å². The molecular weight excluding hydrogens is 182 g/mol. The first-order valence-electron chi connectivity index (χ1n) is 5.80. The number of hydrogen-bond donors (Lipinski definition) is 1. The van der Waals surface area contributed by atoms with E-state index in [0.29, 0.717) is 5.41 Å². The first-order chi connectivity index (χ1) is 7.09. The van der Waals surface area contributed by atoms with Crippen LogP contribution in [0.4, 0.5) is 0 Å². The van der Waals surface area contributed by atoms with Gasteiger partial charge >= 0.3 is 0 Å². The summed E-state index contributed by atoms with van der Waals surface area (Å²) in [6.07, 6.45) is 2.37. The lowest BCUT2D eigenvalue weighted by molar-refractivity contribution is 0.299. The van der Waals surface area contributed by atoms with Crippen molar-refractivity contribution in [1.29, 1.82) is 0 Å². The summed E-state index contributed by atoms with van der Waals surface area (Å²) in [6, 6.07) is 8.90. The normalized spacial score (nSPS) is 14.9. The van der Waals surface area contributed by atoms with Gasteiger partial charge in [0.1, 0.15) is 0 Å². The summed E-state index contributed by atoms with van der Waals surface area (Å²) in [4.78, 5) is 0. The Morgan fingerprint density at radius 3 is 2.27 bits per heavy atom. The molecule has 0 aliphatic heterocycles. The second-order valence-corrected chi connectivity index (χ2v) is 4.86. The van der Waals surface area contributed by atoms with Crippen LogP contribution in [0, 0.1) is 12.3 Å². The maximum Gasteiger partial charge on any atom is 0.000524 e. The second kappa shape index (κ2) is 5.32. The third-order valence-electron chi connectivity index (χ3n) is 3.21. The van der Waals surface area contributed by atoms with Crippen molar-refractivity contribution in [2.45, 2.75) is 33.6 Å². The zero-order valence-corrected chi connectivity index (χ0v) is 10.4.